The van der Waals surface area contributed by atoms with Crippen LogP contribution in [0, 0.1) is 25.2 Å². The maximum absolute atomic E-state index is 12.0. The van der Waals surface area contributed by atoms with E-state index in [0.29, 0.717) is 19.3 Å². The molecule has 0 aliphatic carbocycles. The lowest BCUT2D eigenvalue weighted by molar-refractivity contribution is -0.121. The summed E-state index contributed by atoms with van der Waals surface area (Å²) in [4.78, 5) is 12.0. The molecule has 3 nitrogen and oxygen atoms in total. The van der Waals surface area contributed by atoms with Gasteiger partial charge in [0.1, 0.15) is 5.54 Å². The number of nitrogens with zero attached hydrogens (tertiary/aromatic N) is 1. The Labute approximate surface area is 115 Å². The van der Waals surface area contributed by atoms with Gasteiger partial charge in [-0.1, -0.05) is 32.0 Å². The predicted octanol–water partition coefficient (Wildman–Crippen LogP) is 3.04. The van der Waals surface area contributed by atoms with Crippen molar-refractivity contribution in [2.24, 2.45) is 0 Å². The minimum absolute atomic E-state index is 0.0893. The molecule has 0 aromatic heterocycles. The Morgan fingerprint density at radius 2 is 1.89 bits per heavy atom. The molecule has 0 heterocycles. The molecule has 1 N–H and O–H groups in total. The van der Waals surface area contributed by atoms with Crippen molar-refractivity contribution in [1.29, 1.82) is 5.26 Å². The van der Waals surface area contributed by atoms with E-state index in [1.165, 1.54) is 11.1 Å². The Kier molecular flexibility index (Phi) is 5.11. The number of aryl methyl sites for hydroxylation is 2. The average Bonchev–Trinajstić information content (AvgIpc) is 2.40. The molecule has 0 unspecified atom stereocenters. The maximum atomic E-state index is 12.0. The molecule has 1 aromatic rings. The first kappa shape index (κ1) is 15.2. The molecule has 1 amide bonds. The summed E-state index contributed by atoms with van der Waals surface area (Å²) < 4.78 is 0. The molecule has 0 atom stereocenters. The van der Waals surface area contributed by atoms with Gasteiger partial charge in [0.2, 0.25) is 5.91 Å². The maximum Gasteiger partial charge on any atom is 0.225 e. The molecule has 0 aliphatic heterocycles. The van der Waals surface area contributed by atoms with E-state index < -0.39 is 5.54 Å². The van der Waals surface area contributed by atoms with Crippen molar-refractivity contribution >= 4 is 5.91 Å². The first-order chi connectivity index (χ1) is 8.96. The molecule has 1 rings (SSSR count). The second-order valence-corrected chi connectivity index (χ2v) is 5.04. The summed E-state index contributed by atoms with van der Waals surface area (Å²) in [5.74, 6) is -0.0893. The van der Waals surface area contributed by atoms with Gasteiger partial charge in [-0.25, -0.2) is 0 Å². The molecule has 0 saturated heterocycles. The van der Waals surface area contributed by atoms with Gasteiger partial charge >= 0.3 is 0 Å². The number of carbonyl (C=O) groups excluding carboxylic acids is 1. The third kappa shape index (κ3) is 3.82. The fourth-order valence-corrected chi connectivity index (χ4v) is 2.02. The first-order valence-corrected chi connectivity index (χ1v) is 6.74. The van der Waals surface area contributed by atoms with Crippen molar-refractivity contribution < 1.29 is 4.79 Å². The molecule has 0 radical (unpaired) electrons. The number of nitrogens with one attached hydrogen (secondary N) is 1. The van der Waals surface area contributed by atoms with Crippen LogP contribution in [0.5, 0.6) is 0 Å². The first-order valence-electron chi connectivity index (χ1n) is 6.74. The molecule has 19 heavy (non-hydrogen) atoms. The van der Waals surface area contributed by atoms with E-state index in [1.54, 1.807) is 0 Å². The fourth-order valence-electron chi connectivity index (χ4n) is 2.02. The van der Waals surface area contributed by atoms with Gasteiger partial charge in [-0.15, -0.1) is 0 Å². The Balaban J connectivity index is 2.75. The summed E-state index contributed by atoms with van der Waals surface area (Å²) >= 11 is 0. The minimum Gasteiger partial charge on any atom is -0.338 e. The zero-order chi connectivity index (χ0) is 14.5. The number of amides is 1. The highest BCUT2D eigenvalue weighted by atomic mass is 16.1. The average molecular weight is 258 g/mol. The Hall–Kier alpha value is -1.82. The minimum atomic E-state index is -0.725. The summed E-state index contributed by atoms with van der Waals surface area (Å²) in [5.41, 5.74) is 2.66. The number of benzene rings is 1. The molecule has 0 bridgehead atoms. The monoisotopic (exact) mass is 258 g/mol. The zero-order valence-electron chi connectivity index (χ0n) is 12.2. The molecule has 0 fully saturated rings. The van der Waals surface area contributed by atoms with Crippen LogP contribution in [-0.2, 0) is 11.2 Å². The molecule has 0 aliphatic rings. The van der Waals surface area contributed by atoms with E-state index >= 15 is 0 Å². The predicted molar refractivity (Wildman–Crippen MR) is 76.7 cm³/mol. The van der Waals surface area contributed by atoms with Crippen molar-refractivity contribution in [3.05, 3.63) is 34.9 Å². The highest BCUT2D eigenvalue weighted by Crippen LogP contribution is 2.15. The highest BCUT2D eigenvalue weighted by molar-refractivity contribution is 5.79. The Morgan fingerprint density at radius 3 is 2.37 bits per heavy atom. The van der Waals surface area contributed by atoms with Gasteiger partial charge in [0.15, 0.2) is 0 Å². The lowest BCUT2D eigenvalue weighted by Gasteiger charge is -2.25. The zero-order valence-corrected chi connectivity index (χ0v) is 12.2. The van der Waals surface area contributed by atoms with Gasteiger partial charge in [0.25, 0.3) is 0 Å². The van der Waals surface area contributed by atoms with E-state index in [2.05, 4.69) is 11.4 Å². The van der Waals surface area contributed by atoms with E-state index in [0.717, 1.165) is 5.56 Å². The molecular formula is C16H22N2O. The highest BCUT2D eigenvalue weighted by Gasteiger charge is 2.27. The van der Waals surface area contributed by atoms with Gasteiger partial charge < -0.3 is 5.32 Å². The van der Waals surface area contributed by atoms with Crippen LogP contribution in [0.2, 0.25) is 0 Å². The fraction of sp³-hybridized carbons (Fsp3) is 0.500. The third-order valence-electron chi connectivity index (χ3n) is 3.74. The van der Waals surface area contributed by atoms with E-state index in [-0.39, 0.29) is 5.91 Å². The summed E-state index contributed by atoms with van der Waals surface area (Å²) in [7, 11) is 0. The van der Waals surface area contributed by atoms with Crippen molar-refractivity contribution in [2.45, 2.75) is 52.5 Å². The smallest absolute Gasteiger partial charge is 0.225 e. The van der Waals surface area contributed by atoms with Crippen LogP contribution in [0.1, 0.15) is 43.4 Å². The van der Waals surface area contributed by atoms with Crippen LogP contribution in [0.15, 0.2) is 18.2 Å². The van der Waals surface area contributed by atoms with Gasteiger partial charge in [-0.3, -0.25) is 4.79 Å². The van der Waals surface area contributed by atoms with Crippen LogP contribution in [0.3, 0.4) is 0 Å². The van der Waals surface area contributed by atoms with E-state index in [1.807, 2.05) is 45.9 Å². The molecule has 0 saturated carbocycles. The van der Waals surface area contributed by atoms with Crippen LogP contribution in [-0.4, -0.2) is 11.4 Å². The number of carbonyl (C=O) groups is 1. The standard InChI is InChI=1S/C16H22N2O/c1-5-16(6-2,11-17)18-15(19)10-14-8-7-12(3)13(4)9-14/h7-9H,5-6,10H2,1-4H3,(H,18,19). The number of nitriles is 1. The lowest BCUT2D eigenvalue weighted by atomic mass is 9.94. The number of rotatable bonds is 5. The van der Waals surface area contributed by atoms with Gasteiger partial charge in [0, 0.05) is 0 Å². The second kappa shape index (κ2) is 6.38. The van der Waals surface area contributed by atoms with Gasteiger partial charge in [0.05, 0.1) is 12.5 Å². The van der Waals surface area contributed by atoms with Crippen molar-refractivity contribution in [1.82, 2.24) is 5.32 Å². The van der Waals surface area contributed by atoms with Crippen LogP contribution >= 0.6 is 0 Å². The van der Waals surface area contributed by atoms with Crippen LogP contribution in [0.4, 0.5) is 0 Å². The molecule has 102 valence electrons. The van der Waals surface area contributed by atoms with Crippen molar-refractivity contribution in [3.8, 4) is 6.07 Å². The normalized spacial score (nSPS) is 10.9. The van der Waals surface area contributed by atoms with Crippen LogP contribution in [0.25, 0.3) is 0 Å². The molecule has 0 spiro atoms. The summed E-state index contributed by atoms with van der Waals surface area (Å²) in [5, 5.41) is 12.1. The lowest BCUT2D eigenvalue weighted by Crippen LogP contribution is -2.47. The van der Waals surface area contributed by atoms with E-state index in [4.69, 9.17) is 0 Å². The van der Waals surface area contributed by atoms with Crippen LogP contribution < -0.4 is 5.32 Å². The quantitative estimate of drug-likeness (QED) is 0.882. The Bertz CT molecular complexity index is 496. The summed E-state index contributed by atoms with van der Waals surface area (Å²) in [6, 6.07) is 8.24. The van der Waals surface area contributed by atoms with E-state index in [9.17, 15) is 10.1 Å². The Morgan fingerprint density at radius 1 is 1.26 bits per heavy atom. The van der Waals surface area contributed by atoms with Gasteiger partial charge in [-0.2, -0.15) is 5.26 Å². The molecule has 1 aromatic carbocycles. The molecular weight excluding hydrogens is 236 g/mol. The molecule has 3 heteroatoms. The third-order valence-corrected chi connectivity index (χ3v) is 3.74. The summed E-state index contributed by atoms with van der Waals surface area (Å²) in [6.45, 7) is 7.93. The second-order valence-electron chi connectivity index (χ2n) is 5.04. The summed E-state index contributed by atoms with van der Waals surface area (Å²) in [6.07, 6.45) is 1.57. The number of hydrogen-bond acceptors (Lipinski definition) is 2. The number of hydrogen-bond donors (Lipinski definition) is 1. The van der Waals surface area contributed by atoms with Crippen molar-refractivity contribution in [2.75, 3.05) is 0 Å². The van der Waals surface area contributed by atoms with Crippen molar-refractivity contribution in [3.63, 3.8) is 0 Å². The van der Waals surface area contributed by atoms with Gasteiger partial charge in [-0.05, 0) is 43.4 Å². The SMILES string of the molecule is CCC(C#N)(CC)NC(=O)Cc1ccc(C)c(C)c1. The topological polar surface area (TPSA) is 52.9 Å². The largest absolute Gasteiger partial charge is 0.338 e.